The number of hydrogen-bond acceptors (Lipinski definition) is 6. The molecule has 0 aliphatic carbocycles. The third kappa shape index (κ3) is 5.14. The Balaban J connectivity index is 1.54. The lowest BCUT2D eigenvalue weighted by Crippen LogP contribution is -2.40. The fraction of sp³-hybridized carbons (Fsp3) is 0.385. The van der Waals surface area contributed by atoms with Gasteiger partial charge in [-0.05, 0) is 57.0 Å². The van der Waals surface area contributed by atoms with Crippen LogP contribution in [-0.2, 0) is 0 Å². The van der Waals surface area contributed by atoms with E-state index < -0.39 is 17.8 Å². The number of fused-ring (bicyclic) bond motifs is 2. The molecule has 8 nitrogen and oxygen atoms in total. The number of hydrogen-bond donors (Lipinski definition) is 2. The van der Waals surface area contributed by atoms with Crippen LogP contribution >= 0.6 is 0 Å². The molecule has 0 spiro atoms. The number of carbonyl (C=O) groups excluding carboxylic acids is 1. The summed E-state index contributed by atoms with van der Waals surface area (Å²) in [5.74, 6) is 0.0846. The van der Waals surface area contributed by atoms with Gasteiger partial charge in [-0.3, -0.25) is 14.1 Å². The number of aromatic nitrogens is 4. The topological polar surface area (TPSA) is 101 Å². The molecule has 1 saturated heterocycles. The highest BCUT2D eigenvalue weighted by atomic mass is 19.4. The van der Waals surface area contributed by atoms with Gasteiger partial charge in [0.25, 0.3) is 5.91 Å². The van der Waals surface area contributed by atoms with Crippen LogP contribution in [0.4, 0.5) is 13.2 Å². The number of likely N-dealkylation sites (tertiary alicyclic amines) is 1. The Morgan fingerprint density at radius 3 is 2.54 bits per heavy atom. The maximum Gasteiger partial charge on any atom is 0.408 e. The third-order valence-electron chi connectivity index (χ3n) is 6.34. The van der Waals surface area contributed by atoms with Crippen molar-refractivity contribution in [2.45, 2.75) is 51.0 Å². The molecule has 1 aromatic carbocycles. The molecule has 1 aliphatic heterocycles. The van der Waals surface area contributed by atoms with Crippen molar-refractivity contribution in [1.82, 2.24) is 29.8 Å². The lowest BCUT2D eigenvalue weighted by molar-refractivity contribution is -0.183. The smallest absolute Gasteiger partial charge is 0.347 e. The molecule has 1 unspecified atom stereocenters. The number of rotatable bonds is 4. The van der Waals surface area contributed by atoms with Crippen molar-refractivity contribution in [1.29, 1.82) is 0 Å². The van der Waals surface area contributed by atoms with E-state index in [1.807, 2.05) is 26.8 Å². The molecule has 4 aromatic rings. The second-order valence-electron chi connectivity index (χ2n) is 10.5. The zero-order valence-corrected chi connectivity index (χ0v) is 20.8. The maximum atomic E-state index is 14.1. The Hall–Kier alpha value is -3.57. The van der Waals surface area contributed by atoms with Gasteiger partial charge < -0.3 is 11.1 Å². The van der Waals surface area contributed by atoms with Gasteiger partial charge in [0.2, 0.25) is 0 Å². The van der Waals surface area contributed by atoms with Crippen molar-refractivity contribution in [2.75, 3.05) is 13.1 Å². The van der Waals surface area contributed by atoms with E-state index in [1.165, 1.54) is 27.6 Å². The van der Waals surface area contributed by atoms with Gasteiger partial charge in [0.05, 0.1) is 5.52 Å². The van der Waals surface area contributed by atoms with E-state index in [2.05, 4.69) is 20.5 Å². The molecule has 0 saturated carbocycles. The molecule has 11 heteroatoms. The van der Waals surface area contributed by atoms with Crippen molar-refractivity contribution < 1.29 is 18.0 Å². The molecule has 0 bridgehead atoms. The maximum absolute atomic E-state index is 14.1. The van der Waals surface area contributed by atoms with E-state index in [1.54, 1.807) is 24.3 Å². The van der Waals surface area contributed by atoms with Gasteiger partial charge in [-0.1, -0.05) is 18.2 Å². The molecule has 4 heterocycles. The Morgan fingerprint density at radius 2 is 1.86 bits per heavy atom. The van der Waals surface area contributed by atoms with Crippen LogP contribution in [0.5, 0.6) is 0 Å². The number of alkyl halides is 3. The predicted molar refractivity (Wildman–Crippen MR) is 134 cm³/mol. The summed E-state index contributed by atoms with van der Waals surface area (Å²) < 4.78 is 44.0. The van der Waals surface area contributed by atoms with Crippen molar-refractivity contribution >= 4 is 22.5 Å². The van der Waals surface area contributed by atoms with Crippen LogP contribution in [0.1, 0.15) is 49.2 Å². The lowest BCUT2D eigenvalue weighted by Gasteiger charge is -2.30. The van der Waals surface area contributed by atoms with Crippen LogP contribution in [0.3, 0.4) is 0 Å². The highest BCUT2D eigenvalue weighted by Crippen LogP contribution is 2.39. The summed E-state index contributed by atoms with van der Waals surface area (Å²) in [6.07, 6.45) is -2.54. The van der Waals surface area contributed by atoms with E-state index in [-0.39, 0.29) is 30.6 Å². The van der Waals surface area contributed by atoms with Gasteiger partial charge in [0.1, 0.15) is 11.7 Å². The van der Waals surface area contributed by atoms with E-state index >= 15 is 0 Å². The van der Waals surface area contributed by atoms with E-state index in [4.69, 9.17) is 5.73 Å². The quantitative estimate of drug-likeness (QED) is 0.428. The van der Waals surface area contributed by atoms with Gasteiger partial charge in [-0.15, -0.1) is 10.2 Å². The Bertz CT molecular complexity index is 1470. The molecule has 2 atom stereocenters. The predicted octanol–water partition coefficient (Wildman–Crippen LogP) is 4.11. The number of nitrogens with two attached hydrogens (primary N) is 1. The number of benzene rings is 1. The lowest BCUT2D eigenvalue weighted by atomic mass is 10.1. The first-order valence-corrected chi connectivity index (χ1v) is 12.0. The molecule has 3 N–H and O–H groups in total. The van der Waals surface area contributed by atoms with Crippen LogP contribution in [0.2, 0.25) is 0 Å². The number of halogens is 3. The van der Waals surface area contributed by atoms with E-state index in [0.717, 1.165) is 5.39 Å². The minimum atomic E-state index is -4.48. The minimum absolute atomic E-state index is 0.0806. The zero-order chi connectivity index (χ0) is 26.5. The zero-order valence-electron chi connectivity index (χ0n) is 20.8. The fourth-order valence-corrected chi connectivity index (χ4v) is 4.70. The Morgan fingerprint density at radius 1 is 1.11 bits per heavy atom. The summed E-state index contributed by atoms with van der Waals surface area (Å²) in [5.41, 5.74) is 7.43. The standard InChI is InChI=1S/C26H28F3N7O/c1-25(2,3)32-24(37)16-5-4-15-6-8-19(31-20(15)12-16)23-34-33-21-9-7-17(13-36(21)23)22(26(27,28)29)35-11-10-18(30)14-35/h4-9,12-13,18,22H,10-11,14,30H2,1-3H3,(H,32,37)/t18?,22-/m1/s1. The average Bonchev–Trinajstić information content (AvgIpc) is 3.42. The first-order valence-electron chi connectivity index (χ1n) is 12.0. The first-order chi connectivity index (χ1) is 17.4. The summed E-state index contributed by atoms with van der Waals surface area (Å²) in [6, 6.07) is 9.68. The summed E-state index contributed by atoms with van der Waals surface area (Å²) in [4.78, 5) is 18.7. The van der Waals surface area contributed by atoms with Crippen molar-refractivity contribution in [3.63, 3.8) is 0 Å². The minimum Gasteiger partial charge on any atom is -0.347 e. The van der Waals surface area contributed by atoms with Gasteiger partial charge in [-0.25, -0.2) is 4.98 Å². The number of amides is 1. The van der Waals surface area contributed by atoms with Gasteiger partial charge >= 0.3 is 6.18 Å². The molecule has 1 amide bonds. The van der Waals surface area contributed by atoms with Crippen LogP contribution in [0.25, 0.3) is 28.1 Å². The number of carbonyl (C=O) groups is 1. The normalized spacial score (nSPS) is 18.0. The largest absolute Gasteiger partial charge is 0.408 e. The average molecular weight is 512 g/mol. The molecular weight excluding hydrogens is 483 g/mol. The third-order valence-corrected chi connectivity index (χ3v) is 6.34. The Labute approximate surface area is 211 Å². The number of nitrogens with zero attached hydrogens (tertiary/aromatic N) is 5. The Kier molecular flexibility index (Phi) is 6.15. The molecule has 3 aromatic heterocycles. The van der Waals surface area contributed by atoms with Crippen LogP contribution < -0.4 is 11.1 Å². The molecular formula is C26H28F3N7O. The monoisotopic (exact) mass is 511 g/mol. The van der Waals surface area contributed by atoms with Gasteiger partial charge in [-0.2, -0.15) is 13.2 Å². The van der Waals surface area contributed by atoms with Gasteiger partial charge in [0.15, 0.2) is 11.5 Å². The molecule has 37 heavy (non-hydrogen) atoms. The van der Waals surface area contributed by atoms with E-state index in [9.17, 15) is 18.0 Å². The van der Waals surface area contributed by atoms with Gasteiger partial charge in [0, 0.05) is 41.8 Å². The highest BCUT2D eigenvalue weighted by molar-refractivity contribution is 5.98. The molecule has 1 fully saturated rings. The summed E-state index contributed by atoms with van der Waals surface area (Å²) in [6.45, 7) is 6.14. The fourth-order valence-electron chi connectivity index (χ4n) is 4.70. The van der Waals surface area contributed by atoms with Crippen LogP contribution in [-0.4, -0.2) is 61.2 Å². The van der Waals surface area contributed by atoms with Crippen LogP contribution in [0.15, 0.2) is 48.7 Å². The molecule has 0 radical (unpaired) electrons. The molecule has 194 valence electrons. The molecule has 1 aliphatic rings. The second-order valence-corrected chi connectivity index (χ2v) is 10.5. The summed E-state index contributed by atoms with van der Waals surface area (Å²) >= 11 is 0. The second kappa shape index (κ2) is 9.07. The van der Waals surface area contributed by atoms with E-state index in [0.29, 0.717) is 34.7 Å². The summed E-state index contributed by atoms with van der Waals surface area (Å²) in [7, 11) is 0. The number of nitrogens with one attached hydrogen (secondary N) is 1. The number of pyridine rings is 2. The van der Waals surface area contributed by atoms with Crippen molar-refractivity contribution in [3.05, 3.63) is 59.8 Å². The highest BCUT2D eigenvalue weighted by Gasteiger charge is 2.46. The summed E-state index contributed by atoms with van der Waals surface area (Å²) in [5, 5.41) is 12.1. The first kappa shape index (κ1) is 25.1. The SMILES string of the molecule is CC(C)(C)NC(=O)c1ccc2ccc(-c3nnc4ccc([C@@H](N5CCC(N)C5)C(F)(F)F)cn34)nc2c1. The van der Waals surface area contributed by atoms with Crippen LogP contribution in [0, 0.1) is 0 Å². The van der Waals surface area contributed by atoms with Crippen molar-refractivity contribution in [2.24, 2.45) is 5.73 Å². The molecule has 5 rings (SSSR count). The van der Waals surface area contributed by atoms with Crippen molar-refractivity contribution in [3.8, 4) is 11.5 Å².